The zero-order chi connectivity index (χ0) is 14.4. The third kappa shape index (κ3) is 4.94. The Morgan fingerprint density at radius 2 is 1.75 bits per heavy atom. The first-order chi connectivity index (χ1) is 9.55. The maximum atomic E-state index is 3.78. The Labute approximate surface area is 125 Å². The Bertz CT molecular complexity index is 377. The van der Waals surface area contributed by atoms with Crippen LogP contribution in [0.5, 0.6) is 0 Å². The zero-order valence-corrected chi connectivity index (χ0v) is 13.5. The fraction of sp³-hybridized carbons (Fsp3) is 0.684. The number of hydrogen-bond donors (Lipinski definition) is 1. The lowest BCUT2D eigenvalue weighted by Crippen LogP contribution is -2.30. The van der Waals surface area contributed by atoms with Gasteiger partial charge in [0.25, 0.3) is 0 Å². The topological polar surface area (TPSA) is 12.0 Å². The van der Waals surface area contributed by atoms with Gasteiger partial charge in [-0.25, -0.2) is 0 Å². The van der Waals surface area contributed by atoms with Crippen molar-refractivity contribution in [3.63, 3.8) is 0 Å². The molecule has 1 aliphatic carbocycles. The molecule has 0 bridgehead atoms. The summed E-state index contributed by atoms with van der Waals surface area (Å²) in [5.41, 5.74) is 1.93. The summed E-state index contributed by atoms with van der Waals surface area (Å²) in [7, 11) is 0. The molecule has 1 nitrogen and oxygen atoms in total. The maximum absolute atomic E-state index is 3.78. The van der Waals surface area contributed by atoms with E-state index in [0.29, 0.717) is 5.41 Å². The van der Waals surface area contributed by atoms with Crippen LogP contribution in [0.25, 0.3) is 0 Å². The Hall–Kier alpha value is -0.820. The molecule has 0 heterocycles. The fourth-order valence-corrected chi connectivity index (χ4v) is 3.44. The summed E-state index contributed by atoms with van der Waals surface area (Å²) in [5.74, 6) is 0.906. The van der Waals surface area contributed by atoms with Gasteiger partial charge >= 0.3 is 0 Å². The first-order valence-corrected chi connectivity index (χ1v) is 8.33. The molecule has 0 amide bonds. The quantitative estimate of drug-likeness (QED) is 0.776. The lowest BCUT2D eigenvalue weighted by molar-refractivity contribution is 0.213. The molecule has 1 aromatic carbocycles. The molecule has 0 radical (unpaired) electrons. The van der Waals surface area contributed by atoms with Crippen molar-refractivity contribution in [3.8, 4) is 0 Å². The van der Waals surface area contributed by atoms with Crippen LogP contribution in [0.3, 0.4) is 0 Å². The van der Waals surface area contributed by atoms with Crippen molar-refractivity contribution >= 4 is 0 Å². The van der Waals surface area contributed by atoms with Crippen LogP contribution in [0.4, 0.5) is 0 Å². The van der Waals surface area contributed by atoms with Gasteiger partial charge in [-0.1, -0.05) is 57.5 Å². The highest BCUT2D eigenvalue weighted by Gasteiger charge is 2.27. The van der Waals surface area contributed by atoms with E-state index in [0.717, 1.165) is 24.9 Å². The molecular formula is C19H31N. The lowest BCUT2D eigenvalue weighted by Gasteiger charge is -2.29. The van der Waals surface area contributed by atoms with E-state index in [1.54, 1.807) is 0 Å². The summed E-state index contributed by atoms with van der Waals surface area (Å²) in [4.78, 5) is 0. The molecule has 0 saturated heterocycles. The molecule has 2 unspecified atom stereocenters. The Balaban J connectivity index is 1.72. The Morgan fingerprint density at radius 3 is 2.45 bits per heavy atom. The van der Waals surface area contributed by atoms with Gasteiger partial charge in [-0.2, -0.15) is 0 Å². The standard InChI is InChI=1S/C19H31N/c1-19(2,3)17-10-7-11-18(13-12-17)20-15-14-16-8-5-4-6-9-16/h4-6,8-9,17-18,20H,7,10-15H2,1-3H3. The van der Waals surface area contributed by atoms with Gasteiger partial charge in [0.1, 0.15) is 0 Å². The van der Waals surface area contributed by atoms with Gasteiger partial charge in [-0.3, -0.25) is 0 Å². The first-order valence-electron chi connectivity index (χ1n) is 8.33. The average Bonchev–Trinajstić information content (AvgIpc) is 2.65. The van der Waals surface area contributed by atoms with Crippen LogP contribution in [0.2, 0.25) is 0 Å². The van der Waals surface area contributed by atoms with Crippen molar-refractivity contribution in [3.05, 3.63) is 35.9 Å². The summed E-state index contributed by atoms with van der Waals surface area (Å²) in [6.07, 6.45) is 8.08. The van der Waals surface area contributed by atoms with Crippen LogP contribution in [0.15, 0.2) is 30.3 Å². The fourth-order valence-electron chi connectivity index (χ4n) is 3.44. The molecule has 1 N–H and O–H groups in total. The third-order valence-electron chi connectivity index (χ3n) is 4.88. The predicted molar refractivity (Wildman–Crippen MR) is 88.0 cm³/mol. The molecule has 1 saturated carbocycles. The highest BCUT2D eigenvalue weighted by Crippen LogP contribution is 2.36. The van der Waals surface area contributed by atoms with E-state index in [4.69, 9.17) is 0 Å². The van der Waals surface area contributed by atoms with Crippen LogP contribution < -0.4 is 5.32 Å². The van der Waals surface area contributed by atoms with Crippen LogP contribution in [0.1, 0.15) is 58.4 Å². The smallest absolute Gasteiger partial charge is 0.00672 e. The number of nitrogens with one attached hydrogen (secondary N) is 1. The second kappa shape index (κ2) is 7.26. The number of hydrogen-bond acceptors (Lipinski definition) is 1. The van der Waals surface area contributed by atoms with Crippen molar-refractivity contribution in [1.82, 2.24) is 5.32 Å². The second-order valence-electron chi connectivity index (χ2n) is 7.46. The molecule has 1 aliphatic rings. The average molecular weight is 273 g/mol. The lowest BCUT2D eigenvalue weighted by atomic mass is 9.76. The van der Waals surface area contributed by atoms with Crippen LogP contribution in [-0.4, -0.2) is 12.6 Å². The summed E-state index contributed by atoms with van der Waals surface area (Å²) < 4.78 is 0. The van der Waals surface area contributed by atoms with Gasteiger partial charge in [-0.15, -0.1) is 0 Å². The van der Waals surface area contributed by atoms with E-state index in [1.807, 2.05) is 0 Å². The SMILES string of the molecule is CC(C)(C)C1CCCC(NCCc2ccccc2)CC1. The van der Waals surface area contributed by atoms with Crippen molar-refractivity contribution < 1.29 is 0 Å². The van der Waals surface area contributed by atoms with E-state index >= 15 is 0 Å². The second-order valence-corrected chi connectivity index (χ2v) is 7.46. The zero-order valence-electron chi connectivity index (χ0n) is 13.5. The molecule has 112 valence electrons. The summed E-state index contributed by atoms with van der Waals surface area (Å²) in [6.45, 7) is 8.33. The minimum Gasteiger partial charge on any atom is -0.314 e. The molecule has 0 spiro atoms. The summed E-state index contributed by atoms with van der Waals surface area (Å²) in [6, 6.07) is 11.6. The van der Waals surface area contributed by atoms with Gasteiger partial charge in [0, 0.05) is 6.04 Å². The Kier molecular flexibility index (Phi) is 5.65. The number of rotatable bonds is 4. The summed E-state index contributed by atoms with van der Waals surface area (Å²) in [5, 5.41) is 3.78. The molecule has 1 heteroatoms. The van der Waals surface area contributed by atoms with Gasteiger partial charge in [-0.05, 0) is 55.5 Å². The van der Waals surface area contributed by atoms with E-state index in [1.165, 1.54) is 37.7 Å². The van der Waals surface area contributed by atoms with Crippen molar-refractivity contribution in [1.29, 1.82) is 0 Å². The molecule has 2 atom stereocenters. The van der Waals surface area contributed by atoms with Gasteiger partial charge in [0.2, 0.25) is 0 Å². The Morgan fingerprint density at radius 1 is 1.00 bits per heavy atom. The van der Waals surface area contributed by atoms with E-state index in [9.17, 15) is 0 Å². The van der Waals surface area contributed by atoms with Crippen LogP contribution in [0, 0.1) is 11.3 Å². The summed E-state index contributed by atoms with van der Waals surface area (Å²) >= 11 is 0. The van der Waals surface area contributed by atoms with Gasteiger partial charge in [0.15, 0.2) is 0 Å². The van der Waals surface area contributed by atoms with Crippen molar-refractivity contribution in [2.45, 2.75) is 65.3 Å². The largest absolute Gasteiger partial charge is 0.314 e. The third-order valence-corrected chi connectivity index (χ3v) is 4.88. The van der Waals surface area contributed by atoms with E-state index in [2.05, 4.69) is 56.4 Å². The van der Waals surface area contributed by atoms with Crippen molar-refractivity contribution in [2.24, 2.45) is 11.3 Å². The minimum atomic E-state index is 0.485. The molecule has 0 aliphatic heterocycles. The van der Waals surface area contributed by atoms with Gasteiger partial charge < -0.3 is 5.32 Å². The maximum Gasteiger partial charge on any atom is 0.00672 e. The molecule has 20 heavy (non-hydrogen) atoms. The highest BCUT2D eigenvalue weighted by molar-refractivity contribution is 5.14. The number of benzene rings is 1. The van der Waals surface area contributed by atoms with Crippen molar-refractivity contribution in [2.75, 3.05) is 6.54 Å². The van der Waals surface area contributed by atoms with Crippen LogP contribution >= 0.6 is 0 Å². The molecule has 0 aromatic heterocycles. The van der Waals surface area contributed by atoms with Gasteiger partial charge in [0.05, 0.1) is 0 Å². The monoisotopic (exact) mass is 273 g/mol. The molecule has 1 aromatic rings. The predicted octanol–water partition coefficient (Wildman–Crippen LogP) is 4.81. The molecule has 1 fully saturated rings. The normalized spacial score (nSPS) is 24.4. The molecular weight excluding hydrogens is 242 g/mol. The first kappa shape index (κ1) is 15.6. The molecule has 2 rings (SSSR count). The highest BCUT2D eigenvalue weighted by atomic mass is 14.9. The minimum absolute atomic E-state index is 0.485. The van der Waals surface area contributed by atoms with E-state index < -0.39 is 0 Å². The van der Waals surface area contributed by atoms with E-state index in [-0.39, 0.29) is 0 Å². The van der Waals surface area contributed by atoms with Crippen LogP contribution in [-0.2, 0) is 6.42 Å².